The quantitative estimate of drug-likeness (QED) is 0.556. The van der Waals surface area contributed by atoms with Gasteiger partial charge in [-0.2, -0.15) is 11.8 Å². The summed E-state index contributed by atoms with van der Waals surface area (Å²) in [6.45, 7) is 6.27. The molecule has 3 heteroatoms. The van der Waals surface area contributed by atoms with Crippen molar-refractivity contribution in [2.75, 3.05) is 30.7 Å². The van der Waals surface area contributed by atoms with Gasteiger partial charge in [-0.1, -0.05) is 29.3 Å². The first-order valence-electron chi connectivity index (χ1n) is 5.23. The molecule has 1 saturated heterocycles. The van der Waals surface area contributed by atoms with Gasteiger partial charge in [0.25, 0.3) is 0 Å². The van der Waals surface area contributed by atoms with Crippen molar-refractivity contribution in [3.63, 3.8) is 0 Å². The Morgan fingerprint density at radius 3 is 2.92 bits per heavy atom. The van der Waals surface area contributed by atoms with E-state index in [1.807, 2.05) is 0 Å². The van der Waals surface area contributed by atoms with Crippen LogP contribution in [0.5, 0.6) is 0 Å². The van der Waals surface area contributed by atoms with Gasteiger partial charge < -0.3 is 4.90 Å². The van der Waals surface area contributed by atoms with Crippen molar-refractivity contribution >= 4 is 27.7 Å². The van der Waals surface area contributed by atoms with Crippen LogP contribution in [-0.4, -0.2) is 40.9 Å². The third-order valence-corrected chi connectivity index (χ3v) is 4.13. The van der Waals surface area contributed by atoms with Crippen LogP contribution in [0.1, 0.15) is 26.2 Å². The maximum Gasteiger partial charge on any atom is 0.0147 e. The first kappa shape index (κ1) is 11.9. The van der Waals surface area contributed by atoms with Crippen molar-refractivity contribution < 1.29 is 0 Å². The molecule has 1 rings (SSSR count). The maximum atomic E-state index is 3.47. The number of hydrogen-bond acceptors (Lipinski definition) is 2. The molecule has 1 unspecified atom stereocenters. The third-order valence-electron chi connectivity index (χ3n) is 2.43. The fraction of sp³-hybridized carbons (Fsp3) is 1.00. The van der Waals surface area contributed by atoms with Crippen LogP contribution in [0.4, 0.5) is 0 Å². The van der Waals surface area contributed by atoms with Gasteiger partial charge in [-0.05, 0) is 19.4 Å². The summed E-state index contributed by atoms with van der Waals surface area (Å²) in [6, 6.07) is 0. The van der Waals surface area contributed by atoms with E-state index in [1.54, 1.807) is 0 Å². The fourth-order valence-corrected chi connectivity index (χ4v) is 3.18. The molecule has 0 radical (unpaired) electrons. The molecule has 0 aromatic heterocycles. The van der Waals surface area contributed by atoms with Gasteiger partial charge in [0.2, 0.25) is 0 Å². The first-order valence-corrected chi connectivity index (χ1v) is 7.40. The summed E-state index contributed by atoms with van der Waals surface area (Å²) in [7, 11) is 0. The summed E-state index contributed by atoms with van der Waals surface area (Å²) in [5.41, 5.74) is 0. The Bertz CT molecular complexity index is 132. The zero-order chi connectivity index (χ0) is 9.52. The molecule has 0 aromatic rings. The molecule has 0 amide bonds. The van der Waals surface area contributed by atoms with Crippen molar-refractivity contribution in [3.05, 3.63) is 0 Å². The van der Waals surface area contributed by atoms with Crippen LogP contribution < -0.4 is 0 Å². The molecule has 0 aromatic carbocycles. The molecule has 0 spiro atoms. The van der Waals surface area contributed by atoms with Crippen molar-refractivity contribution in [2.45, 2.75) is 31.4 Å². The van der Waals surface area contributed by atoms with Crippen LogP contribution >= 0.6 is 27.7 Å². The second kappa shape index (κ2) is 7.13. The van der Waals surface area contributed by atoms with Crippen LogP contribution in [0.15, 0.2) is 0 Å². The van der Waals surface area contributed by atoms with Crippen molar-refractivity contribution in [1.29, 1.82) is 0 Å². The first-order chi connectivity index (χ1) is 6.33. The molecule has 0 N–H and O–H groups in total. The largest absolute Gasteiger partial charge is 0.301 e. The predicted molar refractivity (Wildman–Crippen MR) is 66.0 cm³/mol. The Kier molecular flexibility index (Phi) is 6.51. The molecule has 1 nitrogen and oxygen atoms in total. The van der Waals surface area contributed by atoms with E-state index in [1.165, 1.54) is 50.0 Å². The summed E-state index contributed by atoms with van der Waals surface area (Å²) in [6.07, 6.45) is 4.09. The van der Waals surface area contributed by atoms with Gasteiger partial charge in [0.05, 0.1) is 0 Å². The van der Waals surface area contributed by atoms with E-state index in [-0.39, 0.29) is 0 Å². The molecule has 1 aliphatic heterocycles. The lowest BCUT2D eigenvalue weighted by molar-refractivity contribution is 0.280. The average Bonchev–Trinajstić information content (AvgIpc) is 2.13. The Labute approximate surface area is 94.8 Å². The van der Waals surface area contributed by atoms with Gasteiger partial charge in [0.15, 0.2) is 0 Å². The van der Waals surface area contributed by atoms with E-state index in [4.69, 9.17) is 0 Å². The molecule has 0 aliphatic carbocycles. The fourth-order valence-electron chi connectivity index (χ4n) is 1.70. The van der Waals surface area contributed by atoms with Crippen molar-refractivity contribution in [2.24, 2.45) is 0 Å². The number of thioether (sulfide) groups is 1. The van der Waals surface area contributed by atoms with Gasteiger partial charge in [0.1, 0.15) is 0 Å². The minimum absolute atomic E-state index is 0.852. The Hall–Kier alpha value is 0.790. The van der Waals surface area contributed by atoms with Crippen LogP contribution in [0.3, 0.4) is 0 Å². The van der Waals surface area contributed by atoms with E-state index < -0.39 is 0 Å². The van der Waals surface area contributed by atoms with E-state index in [0.717, 1.165) is 5.25 Å². The van der Waals surface area contributed by atoms with E-state index >= 15 is 0 Å². The number of halogens is 1. The van der Waals surface area contributed by atoms with E-state index in [0.29, 0.717) is 0 Å². The van der Waals surface area contributed by atoms with Crippen LogP contribution in [-0.2, 0) is 0 Å². The highest BCUT2D eigenvalue weighted by Gasteiger charge is 2.15. The molecule has 13 heavy (non-hydrogen) atoms. The van der Waals surface area contributed by atoms with Gasteiger partial charge in [-0.3, -0.25) is 0 Å². The Balaban J connectivity index is 2.00. The lowest BCUT2D eigenvalue weighted by Crippen LogP contribution is -2.37. The lowest BCUT2D eigenvalue weighted by atomic mass is 10.2. The topological polar surface area (TPSA) is 3.24 Å². The highest BCUT2D eigenvalue weighted by atomic mass is 79.9. The second-order valence-corrected chi connectivity index (χ2v) is 6.07. The molecular weight excluding hydrogens is 246 g/mol. The van der Waals surface area contributed by atoms with Gasteiger partial charge in [-0.25, -0.2) is 0 Å². The Morgan fingerprint density at radius 1 is 1.38 bits per heavy atom. The minimum atomic E-state index is 0.852. The lowest BCUT2D eigenvalue weighted by Gasteiger charge is -2.30. The summed E-state index contributed by atoms with van der Waals surface area (Å²) >= 11 is 5.58. The molecule has 0 saturated carbocycles. The SMILES string of the molecule is CC1CN(CCCCCBr)CCS1. The average molecular weight is 266 g/mol. The number of unbranched alkanes of at least 4 members (excludes halogenated alkanes) is 2. The molecule has 1 heterocycles. The number of hydrogen-bond donors (Lipinski definition) is 0. The number of rotatable bonds is 5. The summed E-state index contributed by atoms with van der Waals surface area (Å²) < 4.78 is 0. The molecular formula is C10H20BrNS. The molecule has 1 fully saturated rings. The number of nitrogens with zero attached hydrogens (tertiary/aromatic N) is 1. The summed E-state index contributed by atoms with van der Waals surface area (Å²) in [4.78, 5) is 2.62. The maximum absolute atomic E-state index is 3.47. The molecule has 1 aliphatic rings. The zero-order valence-electron chi connectivity index (χ0n) is 8.47. The van der Waals surface area contributed by atoms with Crippen LogP contribution in [0.2, 0.25) is 0 Å². The highest BCUT2D eigenvalue weighted by Crippen LogP contribution is 2.17. The monoisotopic (exact) mass is 265 g/mol. The molecule has 78 valence electrons. The van der Waals surface area contributed by atoms with E-state index in [2.05, 4.69) is 39.5 Å². The van der Waals surface area contributed by atoms with Crippen molar-refractivity contribution in [3.8, 4) is 0 Å². The normalized spacial score (nSPS) is 24.9. The van der Waals surface area contributed by atoms with Gasteiger partial charge in [0, 0.05) is 29.4 Å². The van der Waals surface area contributed by atoms with Gasteiger partial charge in [-0.15, -0.1) is 0 Å². The standard InChI is InChI=1S/C10H20BrNS/c1-10-9-12(7-8-13-10)6-4-2-3-5-11/h10H,2-9H2,1H3. The third kappa shape index (κ3) is 5.28. The van der Waals surface area contributed by atoms with E-state index in [9.17, 15) is 0 Å². The van der Waals surface area contributed by atoms with Crippen LogP contribution in [0.25, 0.3) is 0 Å². The minimum Gasteiger partial charge on any atom is -0.301 e. The van der Waals surface area contributed by atoms with Gasteiger partial charge >= 0.3 is 0 Å². The second-order valence-electron chi connectivity index (χ2n) is 3.73. The highest BCUT2D eigenvalue weighted by molar-refractivity contribution is 9.09. The summed E-state index contributed by atoms with van der Waals surface area (Å²) in [5.74, 6) is 1.33. The predicted octanol–water partition coefficient (Wildman–Crippen LogP) is 2.99. The Morgan fingerprint density at radius 2 is 2.23 bits per heavy atom. The number of alkyl halides is 1. The van der Waals surface area contributed by atoms with Crippen LogP contribution in [0, 0.1) is 0 Å². The van der Waals surface area contributed by atoms with Crippen molar-refractivity contribution in [1.82, 2.24) is 4.90 Å². The zero-order valence-corrected chi connectivity index (χ0v) is 10.9. The summed E-state index contributed by atoms with van der Waals surface area (Å²) in [5, 5.41) is 2.02. The smallest absolute Gasteiger partial charge is 0.0147 e. The molecule has 1 atom stereocenters. The molecule has 0 bridgehead atoms.